The molecule has 1 aromatic carbocycles. The van der Waals surface area contributed by atoms with Gasteiger partial charge in [-0.3, -0.25) is 4.79 Å². The number of hydrogen-bond acceptors (Lipinski definition) is 3. The van der Waals surface area contributed by atoms with Crippen molar-refractivity contribution in [1.82, 2.24) is 15.2 Å². The minimum absolute atomic E-state index is 0.0363. The first-order valence-electron chi connectivity index (χ1n) is 10.7. The number of nitrogens with one attached hydrogen (secondary N) is 2. The molecule has 2 heterocycles. The van der Waals surface area contributed by atoms with Crippen molar-refractivity contribution in [2.24, 2.45) is 0 Å². The minimum Gasteiger partial charge on any atom is -0.467 e. The number of aromatic amines is 1. The third kappa shape index (κ3) is 4.43. The molecular weight excluding hydrogens is 394 g/mol. The van der Waals surface area contributed by atoms with Crippen molar-refractivity contribution in [2.45, 2.75) is 65.1 Å². The van der Waals surface area contributed by atoms with Crippen LogP contribution in [0.3, 0.4) is 0 Å². The molecule has 0 spiro atoms. The molecular formula is C24H29N3O2S. The van der Waals surface area contributed by atoms with Crippen molar-refractivity contribution in [3.05, 3.63) is 69.4 Å². The van der Waals surface area contributed by atoms with Gasteiger partial charge in [0.05, 0.1) is 24.9 Å². The van der Waals surface area contributed by atoms with Gasteiger partial charge in [0, 0.05) is 17.0 Å². The van der Waals surface area contributed by atoms with E-state index in [1.807, 2.05) is 25.1 Å². The van der Waals surface area contributed by atoms with Crippen molar-refractivity contribution in [3.8, 4) is 0 Å². The highest BCUT2D eigenvalue weighted by molar-refractivity contribution is 7.80. The molecule has 5 nitrogen and oxygen atoms in total. The number of aryl methyl sites for hydroxylation is 2. The topological polar surface area (TPSA) is 61.3 Å². The summed E-state index contributed by atoms with van der Waals surface area (Å²) in [5.74, 6) is 0.843. The van der Waals surface area contributed by atoms with E-state index in [0.29, 0.717) is 24.2 Å². The highest BCUT2D eigenvalue weighted by Crippen LogP contribution is 2.25. The lowest BCUT2D eigenvalue weighted by atomic mass is 9.94. The van der Waals surface area contributed by atoms with Crippen LogP contribution in [0.4, 0.5) is 0 Å². The quantitative estimate of drug-likeness (QED) is 0.569. The normalized spacial score (nSPS) is 14.7. The summed E-state index contributed by atoms with van der Waals surface area (Å²) < 4.78 is 5.42. The van der Waals surface area contributed by atoms with Crippen LogP contribution in [-0.4, -0.2) is 21.0 Å². The highest BCUT2D eigenvalue weighted by Gasteiger charge is 2.24. The van der Waals surface area contributed by atoms with Crippen LogP contribution in [0.25, 0.3) is 10.9 Å². The van der Waals surface area contributed by atoms with Gasteiger partial charge in [-0.25, -0.2) is 0 Å². The zero-order valence-corrected chi connectivity index (χ0v) is 18.5. The number of rotatable bonds is 5. The van der Waals surface area contributed by atoms with Crippen LogP contribution >= 0.6 is 12.2 Å². The first kappa shape index (κ1) is 20.7. The molecule has 0 atom stereocenters. The SMILES string of the molecule is Cc1ccc(C)c2[nH]c(=O)c(CN(C(=S)NCc3ccco3)C3CCCCC3)cc12. The fourth-order valence-corrected chi connectivity index (χ4v) is 4.64. The second-order valence-electron chi connectivity index (χ2n) is 8.27. The maximum absolute atomic E-state index is 12.9. The monoisotopic (exact) mass is 423 g/mol. The molecule has 6 heteroatoms. The average Bonchev–Trinajstić information content (AvgIpc) is 3.28. The number of H-pyrrole nitrogens is 1. The molecule has 0 amide bonds. The van der Waals surface area contributed by atoms with Crippen LogP contribution in [0.1, 0.15) is 54.6 Å². The number of benzene rings is 1. The molecule has 3 aromatic rings. The molecule has 2 aromatic heterocycles. The van der Waals surface area contributed by atoms with E-state index in [4.69, 9.17) is 16.6 Å². The fourth-order valence-electron chi connectivity index (χ4n) is 4.36. The number of aromatic nitrogens is 1. The zero-order chi connectivity index (χ0) is 21.1. The molecule has 0 radical (unpaired) electrons. The molecule has 0 saturated heterocycles. The summed E-state index contributed by atoms with van der Waals surface area (Å²) in [6.45, 7) is 5.16. The van der Waals surface area contributed by atoms with Gasteiger partial charge in [0.2, 0.25) is 0 Å². The molecule has 0 aliphatic heterocycles. The van der Waals surface area contributed by atoms with E-state index >= 15 is 0 Å². The maximum Gasteiger partial charge on any atom is 0.253 e. The van der Waals surface area contributed by atoms with Crippen molar-refractivity contribution >= 4 is 28.2 Å². The van der Waals surface area contributed by atoms with Crippen molar-refractivity contribution in [2.75, 3.05) is 0 Å². The summed E-state index contributed by atoms with van der Waals surface area (Å²) >= 11 is 5.78. The van der Waals surface area contributed by atoms with Crippen LogP contribution in [-0.2, 0) is 13.1 Å². The lowest BCUT2D eigenvalue weighted by Gasteiger charge is -2.36. The molecule has 4 rings (SSSR count). The first-order chi connectivity index (χ1) is 14.5. The number of furan rings is 1. The largest absolute Gasteiger partial charge is 0.467 e. The van der Waals surface area contributed by atoms with Crippen LogP contribution in [0, 0.1) is 13.8 Å². The number of thiocarbonyl (C=S) groups is 1. The van der Waals surface area contributed by atoms with Crippen LogP contribution in [0.15, 0.2) is 45.8 Å². The summed E-state index contributed by atoms with van der Waals surface area (Å²) in [6.07, 6.45) is 7.55. The Hall–Kier alpha value is -2.60. The van der Waals surface area contributed by atoms with Gasteiger partial charge in [0.25, 0.3) is 5.56 Å². The third-order valence-corrected chi connectivity index (χ3v) is 6.51. The number of fused-ring (bicyclic) bond motifs is 1. The smallest absolute Gasteiger partial charge is 0.253 e. The van der Waals surface area contributed by atoms with Crippen LogP contribution in [0.5, 0.6) is 0 Å². The third-order valence-electron chi connectivity index (χ3n) is 6.13. The Labute approximate surface area is 182 Å². The summed E-state index contributed by atoms with van der Waals surface area (Å²) in [7, 11) is 0. The fraction of sp³-hybridized carbons (Fsp3) is 0.417. The van der Waals surface area contributed by atoms with E-state index in [2.05, 4.69) is 34.3 Å². The summed E-state index contributed by atoms with van der Waals surface area (Å²) in [4.78, 5) is 18.2. The minimum atomic E-state index is -0.0363. The van der Waals surface area contributed by atoms with E-state index in [0.717, 1.165) is 46.2 Å². The van der Waals surface area contributed by atoms with E-state index in [1.165, 1.54) is 19.3 Å². The molecule has 1 fully saturated rings. The van der Waals surface area contributed by atoms with Gasteiger partial charge in [-0.1, -0.05) is 31.4 Å². The Bertz CT molecular complexity index is 1080. The average molecular weight is 424 g/mol. The number of pyridine rings is 1. The molecule has 0 bridgehead atoms. The van der Waals surface area contributed by atoms with Gasteiger partial charge in [0.1, 0.15) is 5.76 Å². The summed E-state index contributed by atoms with van der Waals surface area (Å²) in [5.41, 5.74) is 3.89. The Morgan fingerprint density at radius 3 is 2.70 bits per heavy atom. The molecule has 2 N–H and O–H groups in total. The van der Waals surface area contributed by atoms with Gasteiger partial charge in [-0.2, -0.15) is 0 Å². The summed E-state index contributed by atoms with van der Waals surface area (Å²) in [5, 5.41) is 5.11. The second-order valence-corrected chi connectivity index (χ2v) is 8.66. The Morgan fingerprint density at radius 2 is 1.97 bits per heavy atom. The van der Waals surface area contributed by atoms with Gasteiger partial charge < -0.3 is 19.6 Å². The Kier molecular flexibility index (Phi) is 6.23. The standard InChI is InChI=1S/C24H29N3O2S/c1-16-10-11-17(2)22-21(16)13-18(23(28)26-22)15-27(19-7-4-3-5-8-19)24(30)25-14-20-9-6-12-29-20/h6,9-13,19H,3-5,7-8,14-15H2,1-2H3,(H,25,30)(H,26,28). The Morgan fingerprint density at radius 1 is 1.20 bits per heavy atom. The van der Waals surface area contributed by atoms with E-state index in [1.54, 1.807) is 6.26 Å². The first-order valence-corrected chi connectivity index (χ1v) is 11.1. The van der Waals surface area contributed by atoms with E-state index in [-0.39, 0.29) is 5.56 Å². The van der Waals surface area contributed by atoms with Crippen LogP contribution in [0.2, 0.25) is 0 Å². The zero-order valence-electron chi connectivity index (χ0n) is 17.7. The lowest BCUT2D eigenvalue weighted by molar-refractivity contribution is 0.234. The number of hydrogen-bond donors (Lipinski definition) is 2. The molecule has 1 aliphatic carbocycles. The molecule has 0 unspecified atom stereocenters. The Balaban J connectivity index is 1.62. The van der Waals surface area contributed by atoms with Crippen molar-refractivity contribution < 1.29 is 4.42 Å². The van der Waals surface area contributed by atoms with Gasteiger partial charge in [-0.15, -0.1) is 0 Å². The lowest BCUT2D eigenvalue weighted by Crippen LogP contribution is -2.46. The maximum atomic E-state index is 12.9. The van der Waals surface area contributed by atoms with Gasteiger partial charge >= 0.3 is 0 Å². The summed E-state index contributed by atoms with van der Waals surface area (Å²) in [6, 6.07) is 10.4. The molecule has 30 heavy (non-hydrogen) atoms. The highest BCUT2D eigenvalue weighted by atomic mass is 32.1. The van der Waals surface area contributed by atoms with E-state index < -0.39 is 0 Å². The van der Waals surface area contributed by atoms with Gasteiger partial charge in [0.15, 0.2) is 5.11 Å². The molecule has 1 saturated carbocycles. The predicted octanol–water partition coefficient (Wildman–Crippen LogP) is 4.95. The van der Waals surface area contributed by atoms with Crippen molar-refractivity contribution in [1.29, 1.82) is 0 Å². The molecule has 1 aliphatic rings. The number of nitrogens with zero attached hydrogens (tertiary/aromatic N) is 1. The van der Waals surface area contributed by atoms with Crippen molar-refractivity contribution in [3.63, 3.8) is 0 Å². The van der Waals surface area contributed by atoms with Crippen LogP contribution < -0.4 is 10.9 Å². The second kappa shape index (κ2) is 9.04. The van der Waals surface area contributed by atoms with Gasteiger partial charge in [-0.05, 0) is 68.2 Å². The van der Waals surface area contributed by atoms with E-state index in [9.17, 15) is 4.79 Å². The predicted molar refractivity (Wildman–Crippen MR) is 125 cm³/mol. The molecule has 158 valence electrons.